The van der Waals surface area contributed by atoms with Crippen LogP contribution < -0.4 is 5.32 Å². The second kappa shape index (κ2) is 4.91. The van der Waals surface area contributed by atoms with Crippen LogP contribution in [0.25, 0.3) is 0 Å². The molecule has 0 fully saturated rings. The van der Waals surface area contributed by atoms with E-state index >= 15 is 0 Å². The molecule has 0 aromatic heterocycles. The summed E-state index contributed by atoms with van der Waals surface area (Å²) in [7, 11) is 0. The minimum absolute atomic E-state index is 0.0175. The summed E-state index contributed by atoms with van der Waals surface area (Å²) in [6.07, 6.45) is 7.12. The lowest BCUT2D eigenvalue weighted by Gasteiger charge is -2.20. The molecule has 0 aliphatic heterocycles. The fourth-order valence-electron chi connectivity index (χ4n) is 0.861. The highest BCUT2D eigenvalue weighted by atomic mass is 16.2. The summed E-state index contributed by atoms with van der Waals surface area (Å²) in [5.74, 6) is 2.59. The highest BCUT2D eigenvalue weighted by molar-refractivity contribution is 5.81. The summed E-state index contributed by atoms with van der Waals surface area (Å²) < 4.78 is 0. The molecule has 0 heterocycles. The van der Waals surface area contributed by atoms with Crippen LogP contribution in [0, 0.1) is 17.8 Å². The largest absolute Gasteiger partial charge is 0.342 e. The molecule has 1 amide bonds. The van der Waals surface area contributed by atoms with E-state index in [9.17, 15) is 4.79 Å². The zero-order chi connectivity index (χ0) is 10.5. The summed E-state index contributed by atoms with van der Waals surface area (Å²) >= 11 is 0. The molecule has 13 heavy (non-hydrogen) atoms. The Hall–Kier alpha value is -0.970. The third kappa shape index (κ3) is 4.57. The average Bonchev–Trinajstić information content (AvgIpc) is 2.01. The number of nitrogens with one attached hydrogen (secondary N) is 1. The minimum Gasteiger partial charge on any atom is -0.342 e. The van der Waals surface area contributed by atoms with Crippen LogP contribution in [0.1, 0.15) is 40.5 Å². The monoisotopic (exact) mass is 181 g/mol. The van der Waals surface area contributed by atoms with E-state index in [1.165, 1.54) is 0 Å². The van der Waals surface area contributed by atoms with Gasteiger partial charge in [0.25, 0.3) is 0 Å². The van der Waals surface area contributed by atoms with E-state index < -0.39 is 0 Å². The van der Waals surface area contributed by atoms with Crippen LogP contribution in [-0.4, -0.2) is 11.9 Å². The average molecular weight is 181 g/mol. The van der Waals surface area contributed by atoms with Crippen molar-refractivity contribution in [2.75, 3.05) is 0 Å². The first-order valence-corrected chi connectivity index (χ1v) is 4.69. The predicted molar refractivity (Wildman–Crippen MR) is 55.1 cm³/mol. The molecule has 0 spiro atoms. The van der Waals surface area contributed by atoms with Gasteiger partial charge in [-0.1, -0.05) is 40.0 Å². The topological polar surface area (TPSA) is 29.1 Å². The molecule has 0 bridgehead atoms. The maximum Gasteiger partial charge on any atom is 0.226 e. The standard InChI is InChI=1S/C11H19NO/c1-6-8-9(7-2)12-10(13)11(3,4)5/h2,9H,6,8H2,1,3-5H3,(H,12,13). The Labute approximate surface area is 81.1 Å². The normalized spacial score (nSPS) is 13.2. The van der Waals surface area contributed by atoms with Gasteiger partial charge >= 0.3 is 0 Å². The molecule has 0 radical (unpaired) electrons. The van der Waals surface area contributed by atoms with E-state index in [1.54, 1.807) is 0 Å². The van der Waals surface area contributed by atoms with Gasteiger partial charge in [-0.15, -0.1) is 6.42 Å². The molecule has 2 heteroatoms. The number of hydrogen-bond donors (Lipinski definition) is 1. The highest BCUT2D eigenvalue weighted by Gasteiger charge is 2.22. The number of amides is 1. The zero-order valence-electron chi connectivity index (χ0n) is 8.98. The molecule has 0 saturated carbocycles. The van der Waals surface area contributed by atoms with E-state index in [4.69, 9.17) is 6.42 Å². The molecule has 0 aromatic carbocycles. The van der Waals surface area contributed by atoms with E-state index in [-0.39, 0.29) is 17.4 Å². The van der Waals surface area contributed by atoms with Crippen LogP contribution in [0.2, 0.25) is 0 Å². The summed E-state index contributed by atoms with van der Waals surface area (Å²) in [5.41, 5.74) is -0.358. The van der Waals surface area contributed by atoms with Gasteiger partial charge in [-0.2, -0.15) is 0 Å². The number of rotatable bonds is 3. The van der Waals surface area contributed by atoms with Crippen molar-refractivity contribution in [1.29, 1.82) is 0 Å². The lowest BCUT2D eigenvalue weighted by atomic mass is 9.95. The first-order chi connectivity index (χ1) is 5.91. The Morgan fingerprint density at radius 1 is 1.54 bits per heavy atom. The molecule has 2 nitrogen and oxygen atoms in total. The number of hydrogen-bond acceptors (Lipinski definition) is 1. The van der Waals surface area contributed by atoms with Gasteiger partial charge in [0.1, 0.15) is 0 Å². The first kappa shape index (κ1) is 12.0. The Morgan fingerprint density at radius 2 is 2.08 bits per heavy atom. The lowest BCUT2D eigenvalue weighted by molar-refractivity contribution is -0.128. The zero-order valence-corrected chi connectivity index (χ0v) is 8.98. The van der Waals surface area contributed by atoms with Crippen LogP contribution in [0.4, 0.5) is 0 Å². The number of carbonyl (C=O) groups is 1. The van der Waals surface area contributed by atoms with Crippen LogP contribution in [0.3, 0.4) is 0 Å². The molecule has 1 N–H and O–H groups in total. The smallest absolute Gasteiger partial charge is 0.226 e. The van der Waals surface area contributed by atoms with Crippen LogP contribution >= 0.6 is 0 Å². The quantitative estimate of drug-likeness (QED) is 0.662. The van der Waals surface area contributed by atoms with Crippen molar-refractivity contribution in [3.05, 3.63) is 0 Å². The second-order valence-corrected chi connectivity index (χ2v) is 4.23. The molecule has 0 aromatic rings. The van der Waals surface area contributed by atoms with Gasteiger partial charge in [0.2, 0.25) is 5.91 Å². The minimum atomic E-state index is -0.358. The maximum atomic E-state index is 11.5. The van der Waals surface area contributed by atoms with Crippen molar-refractivity contribution in [2.45, 2.75) is 46.6 Å². The molecule has 1 unspecified atom stereocenters. The van der Waals surface area contributed by atoms with E-state index in [0.29, 0.717) is 0 Å². The Bertz CT molecular complexity index is 207. The van der Waals surface area contributed by atoms with Gasteiger partial charge in [0, 0.05) is 5.41 Å². The van der Waals surface area contributed by atoms with Crippen molar-refractivity contribution in [3.63, 3.8) is 0 Å². The van der Waals surface area contributed by atoms with E-state index in [0.717, 1.165) is 12.8 Å². The Kier molecular flexibility index (Phi) is 4.55. The highest BCUT2D eigenvalue weighted by Crippen LogP contribution is 2.13. The molecule has 0 rings (SSSR count). The van der Waals surface area contributed by atoms with Crippen molar-refractivity contribution < 1.29 is 4.79 Å². The first-order valence-electron chi connectivity index (χ1n) is 4.69. The van der Waals surface area contributed by atoms with Crippen LogP contribution in [0.15, 0.2) is 0 Å². The molecular formula is C11H19NO. The molecule has 1 atom stereocenters. The summed E-state index contributed by atoms with van der Waals surface area (Å²) in [5, 5.41) is 2.83. The van der Waals surface area contributed by atoms with Gasteiger partial charge in [-0.25, -0.2) is 0 Å². The fourth-order valence-corrected chi connectivity index (χ4v) is 0.861. The number of carbonyl (C=O) groups excluding carboxylic acids is 1. The van der Waals surface area contributed by atoms with E-state index in [1.807, 2.05) is 27.7 Å². The van der Waals surface area contributed by atoms with Crippen molar-refractivity contribution >= 4 is 5.91 Å². The van der Waals surface area contributed by atoms with Crippen LogP contribution in [0.5, 0.6) is 0 Å². The van der Waals surface area contributed by atoms with Crippen molar-refractivity contribution in [2.24, 2.45) is 5.41 Å². The maximum absolute atomic E-state index is 11.5. The second-order valence-electron chi connectivity index (χ2n) is 4.23. The predicted octanol–water partition coefficient (Wildman–Crippen LogP) is 1.95. The third-order valence-corrected chi connectivity index (χ3v) is 1.77. The molecule has 0 aliphatic rings. The van der Waals surface area contributed by atoms with Gasteiger partial charge in [0.15, 0.2) is 0 Å². The molecular weight excluding hydrogens is 162 g/mol. The number of terminal acetylenes is 1. The van der Waals surface area contributed by atoms with Crippen molar-refractivity contribution in [3.8, 4) is 12.3 Å². The summed E-state index contributed by atoms with van der Waals surface area (Å²) in [6, 6.07) is -0.114. The van der Waals surface area contributed by atoms with Gasteiger partial charge in [-0.3, -0.25) is 4.79 Å². The van der Waals surface area contributed by atoms with Crippen LogP contribution in [-0.2, 0) is 4.79 Å². The Balaban J connectivity index is 4.12. The van der Waals surface area contributed by atoms with Gasteiger partial charge < -0.3 is 5.32 Å². The SMILES string of the molecule is C#CC(CCC)NC(=O)C(C)(C)C. The summed E-state index contributed by atoms with van der Waals surface area (Å²) in [6.45, 7) is 7.68. The lowest BCUT2D eigenvalue weighted by Crippen LogP contribution is -2.40. The van der Waals surface area contributed by atoms with Gasteiger partial charge in [-0.05, 0) is 6.42 Å². The molecule has 0 saturated heterocycles. The fraction of sp³-hybridized carbons (Fsp3) is 0.727. The molecule has 74 valence electrons. The summed E-state index contributed by atoms with van der Waals surface area (Å²) in [4.78, 5) is 11.5. The van der Waals surface area contributed by atoms with Crippen molar-refractivity contribution in [1.82, 2.24) is 5.32 Å². The molecule has 0 aliphatic carbocycles. The Morgan fingerprint density at radius 3 is 2.38 bits per heavy atom. The van der Waals surface area contributed by atoms with E-state index in [2.05, 4.69) is 11.2 Å². The third-order valence-electron chi connectivity index (χ3n) is 1.77. The van der Waals surface area contributed by atoms with Gasteiger partial charge in [0.05, 0.1) is 6.04 Å².